The number of aromatic amines is 1. The lowest BCUT2D eigenvalue weighted by molar-refractivity contribution is 0.0992. The molecular weight excluding hydrogens is 344 g/mol. The van der Waals surface area contributed by atoms with Crippen LogP contribution in [0.15, 0.2) is 35.3 Å². The molecule has 0 aliphatic carbocycles. The summed E-state index contributed by atoms with van der Waals surface area (Å²) in [6.07, 6.45) is 1.13. The number of rotatable bonds is 2. The van der Waals surface area contributed by atoms with E-state index < -0.39 is 34.3 Å². The topological polar surface area (TPSA) is 154 Å². The fourth-order valence-corrected chi connectivity index (χ4v) is 2.55. The molecule has 0 atom stereocenters. The summed E-state index contributed by atoms with van der Waals surface area (Å²) >= 11 is 0. The van der Waals surface area contributed by atoms with Crippen LogP contribution >= 0.6 is 0 Å². The lowest BCUT2D eigenvalue weighted by Crippen LogP contribution is -2.31. The van der Waals surface area contributed by atoms with Crippen LogP contribution in [-0.4, -0.2) is 43.5 Å². The maximum atomic E-state index is 12.6. The van der Waals surface area contributed by atoms with E-state index in [0.717, 1.165) is 29.3 Å². The predicted octanol–water partition coefficient (Wildman–Crippen LogP) is 1.33. The third-order valence-electron chi connectivity index (χ3n) is 3.92. The first kappa shape index (κ1) is 17.0. The minimum Gasteiger partial charge on any atom is -0.508 e. The SMILES string of the molecule is CN(C(=O)c1c[nH]c2cc(O)cc(O)c2c1=O)c1cc(O)c(O)c(O)c1. The quantitative estimate of drug-likeness (QED) is 0.378. The molecule has 0 unspecified atom stereocenters. The van der Waals surface area contributed by atoms with Gasteiger partial charge in [-0.2, -0.15) is 0 Å². The maximum absolute atomic E-state index is 12.6. The number of carbonyl (C=O) groups is 1. The number of benzene rings is 2. The molecule has 0 saturated carbocycles. The largest absolute Gasteiger partial charge is 0.508 e. The van der Waals surface area contributed by atoms with Crippen molar-refractivity contribution in [1.29, 1.82) is 0 Å². The number of carbonyl (C=O) groups excluding carboxylic acids is 1. The number of nitrogens with zero attached hydrogens (tertiary/aromatic N) is 1. The van der Waals surface area contributed by atoms with E-state index >= 15 is 0 Å². The highest BCUT2D eigenvalue weighted by molar-refractivity contribution is 6.07. The van der Waals surface area contributed by atoms with E-state index in [0.29, 0.717) is 0 Å². The third-order valence-corrected chi connectivity index (χ3v) is 3.92. The first-order chi connectivity index (χ1) is 12.2. The van der Waals surface area contributed by atoms with E-state index in [9.17, 15) is 35.1 Å². The first-order valence-electron chi connectivity index (χ1n) is 7.31. The summed E-state index contributed by atoms with van der Waals surface area (Å²) in [5.74, 6) is -3.54. The van der Waals surface area contributed by atoms with Gasteiger partial charge in [-0.1, -0.05) is 0 Å². The van der Waals surface area contributed by atoms with Gasteiger partial charge < -0.3 is 35.4 Å². The molecule has 1 amide bonds. The Morgan fingerprint density at radius 2 is 1.58 bits per heavy atom. The van der Waals surface area contributed by atoms with Gasteiger partial charge in [-0.25, -0.2) is 0 Å². The summed E-state index contributed by atoms with van der Waals surface area (Å²) < 4.78 is 0. The average molecular weight is 358 g/mol. The van der Waals surface area contributed by atoms with E-state index in [1.807, 2.05) is 0 Å². The minimum atomic E-state index is -0.787. The number of fused-ring (bicyclic) bond motifs is 1. The van der Waals surface area contributed by atoms with Gasteiger partial charge in [0.2, 0.25) is 5.43 Å². The van der Waals surface area contributed by atoms with E-state index in [-0.39, 0.29) is 27.9 Å². The second kappa shape index (κ2) is 5.88. The standard InChI is InChI=1S/C17H14N2O7/c1-19(7-2-12(22)16(25)13(23)3-7)17(26)9-6-18-10-4-8(20)5-11(21)14(10)15(9)24/h2-6,20-23,25H,1H3,(H,18,24). The number of anilines is 1. The van der Waals surface area contributed by atoms with Gasteiger partial charge >= 0.3 is 0 Å². The number of phenols is 5. The Balaban J connectivity index is 2.10. The number of H-pyrrole nitrogens is 1. The molecule has 3 aromatic rings. The average Bonchev–Trinajstić information content (AvgIpc) is 2.57. The van der Waals surface area contributed by atoms with Crippen molar-refractivity contribution < 1.29 is 30.3 Å². The van der Waals surface area contributed by atoms with Crippen LogP contribution < -0.4 is 10.3 Å². The molecule has 6 N–H and O–H groups in total. The molecule has 0 bridgehead atoms. The number of aromatic hydroxyl groups is 5. The monoisotopic (exact) mass is 358 g/mol. The molecule has 2 aromatic carbocycles. The summed E-state index contributed by atoms with van der Waals surface area (Å²) in [6.45, 7) is 0. The molecule has 1 heterocycles. The van der Waals surface area contributed by atoms with Crippen LogP contribution in [0.4, 0.5) is 5.69 Å². The number of phenolic OH excluding ortho intramolecular Hbond substituents is 5. The molecule has 134 valence electrons. The van der Waals surface area contributed by atoms with Crippen LogP contribution in [0.2, 0.25) is 0 Å². The van der Waals surface area contributed by atoms with Crippen LogP contribution in [0.1, 0.15) is 10.4 Å². The normalized spacial score (nSPS) is 10.8. The Morgan fingerprint density at radius 3 is 2.19 bits per heavy atom. The van der Waals surface area contributed by atoms with Crippen molar-refractivity contribution in [2.24, 2.45) is 0 Å². The van der Waals surface area contributed by atoms with Gasteiger partial charge in [0.1, 0.15) is 17.1 Å². The molecule has 0 fully saturated rings. The van der Waals surface area contributed by atoms with Gasteiger partial charge in [0.15, 0.2) is 17.2 Å². The number of nitrogens with one attached hydrogen (secondary N) is 1. The van der Waals surface area contributed by atoms with Crippen molar-refractivity contribution in [2.45, 2.75) is 0 Å². The highest BCUT2D eigenvalue weighted by Crippen LogP contribution is 2.38. The molecule has 0 aliphatic rings. The first-order valence-corrected chi connectivity index (χ1v) is 7.31. The fourth-order valence-electron chi connectivity index (χ4n) is 2.55. The van der Waals surface area contributed by atoms with Gasteiger partial charge in [0, 0.05) is 37.5 Å². The zero-order valence-corrected chi connectivity index (χ0v) is 13.4. The number of hydrogen-bond acceptors (Lipinski definition) is 7. The Morgan fingerprint density at radius 1 is 0.962 bits per heavy atom. The molecule has 1 aromatic heterocycles. The van der Waals surface area contributed by atoms with Crippen LogP contribution in [0.25, 0.3) is 10.9 Å². The van der Waals surface area contributed by atoms with E-state index in [2.05, 4.69) is 4.98 Å². The van der Waals surface area contributed by atoms with Crippen LogP contribution in [0, 0.1) is 0 Å². The minimum absolute atomic E-state index is 0.0252. The highest BCUT2D eigenvalue weighted by atomic mass is 16.3. The van der Waals surface area contributed by atoms with Crippen molar-refractivity contribution in [3.8, 4) is 28.7 Å². The number of amides is 1. The summed E-state index contributed by atoms with van der Waals surface area (Å²) in [5, 5.41) is 47.7. The number of hydrogen-bond donors (Lipinski definition) is 6. The van der Waals surface area contributed by atoms with E-state index in [4.69, 9.17) is 0 Å². The molecule has 3 rings (SSSR count). The van der Waals surface area contributed by atoms with Gasteiger partial charge in [-0.3, -0.25) is 9.59 Å². The Hall–Kier alpha value is -3.88. The van der Waals surface area contributed by atoms with E-state index in [1.165, 1.54) is 13.1 Å². The van der Waals surface area contributed by atoms with Gasteiger partial charge in [0.05, 0.1) is 16.6 Å². The molecule has 26 heavy (non-hydrogen) atoms. The summed E-state index contributed by atoms with van der Waals surface area (Å²) in [7, 11) is 1.30. The molecule has 0 aliphatic heterocycles. The van der Waals surface area contributed by atoms with Crippen molar-refractivity contribution >= 4 is 22.5 Å². The molecular formula is C17H14N2O7. The second-order valence-electron chi connectivity index (χ2n) is 5.62. The van der Waals surface area contributed by atoms with Crippen molar-refractivity contribution in [1.82, 2.24) is 4.98 Å². The molecule has 0 spiro atoms. The zero-order chi connectivity index (χ0) is 19.2. The van der Waals surface area contributed by atoms with Crippen LogP contribution in [-0.2, 0) is 0 Å². The third kappa shape index (κ3) is 2.61. The van der Waals surface area contributed by atoms with Crippen molar-refractivity contribution in [3.63, 3.8) is 0 Å². The van der Waals surface area contributed by atoms with Crippen molar-refractivity contribution in [2.75, 3.05) is 11.9 Å². The Labute approximate surface area is 145 Å². The van der Waals surface area contributed by atoms with Crippen LogP contribution in [0.5, 0.6) is 28.7 Å². The maximum Gasteiger partial charge on any atom is 0.263 e. The Bertz CT molecular complexity index is 1080. The summed E-state index contributed by atoms with van der Waals surface area (Å²) in [4.78, 5) is 28.9. The van der Waals surface area contributed by atoms with Gasteiger partial charge in [-0.15, -0.1) is 0 Å². The molecule has 9 heteroatoms. The van der Waals surface area contributed by atoms with Gasteiger partial charge in [0.25, 0.3) is 5.91 Å². The molecule has 0 radical (unpaired) electrons. The predicted molar refractivity (Wildman–Crippen MR) is 92.1 cm³/mol. The van der Waals surface area contributed by atoms with Crippen molar-refractivity contribution in [3.05, 3.63) is 46.2 Å². The summed E-state index contributed by atoms with van der Waals surface area (Å²) in [5.41, 5.74) is -0.905. The number of pyridine rings is 1. The molecule has 0 saturated heterocycles. The Kier molecular flexibility index (Phi) is 3.84. The fraction of sp³-hybridized carbons (Fsp3) is 0.0588. The lowest BCUT2D eigenvalue weighted by Gasteiger charge is -2.18. The van der Waals surface area contributed by atoms with Crippen LogP contribution in [0.3, 0.4) is 0 Å². The second-order valence-corrected chi connectivity index (χ2v) is 5.62. The van der Waals surface area contributed by atoms with Gasteiger partial charge in [-0.05, 0) is 0 Å². The zero-order valence-electron chi connectivity index (χ0n) is 13.4. The molecule has 9 nitrogen and oxygen atoms in total. The lowest BCUT2D eigenvalue weighted by atomic mass is 10.1. The smallest absolute Gasteiger partial charge is 0.263 e. The van der Waals surface area contributed by atoms with E-state index in [1.54, 1.807) is 0 Å². The number of aromatic nitrogens is 1. The highest BCUT2D eigenvalue weighted by Gasteiger charge is 2.21. The summed E-state index contributed by atoms with van der Waals surface area (Å²) in [6, 6.07) is 4.28.